The predicted octanol–water partition coefficient (Wildman–Crippen LogP) is 3.89. The van der Waals surface area contributed by atoms with Gasteiger partial charge in [-0.3, -0.25) is 0 Å². The maximum atomic E-state index is 9.52. The molecule has 0 saturated carbocycles. The van der Waals surface area contributed by atoms with Crippen LogP contribution in [0.2, 0.25) is 0 Å². The number of hydrogen-bond donors (Lipinski definition) is 1. The van der Waals surface area contributed by atoms with Gasteiger partial charge in [0.1, 0.15) is 28.9 Å². The Labute approximate surface area is 146 Å². The second-order valence-corrected chi connectivity index (χ2v) is 5.36. The first-order valence-electron chi connectivity index (χ1n) is 7.66. The van der Waals surface area contributed by atoms with Gasteiger partial charge in [-0.2, -0.15) is 5.26 Å². The van der Waals surface area contributed by atoms with Crippen molar-refractivity contribution in [3.05, 3.63) is 60.2 Å². The molecule has 0 spiro atoms. The van der Waals surface area contributed by atoms with Crippen molar-refractivity contribution in [3.8, 4) is 40.0 Å². The van der Waals surface area contributed by atoms with Crippen LogP contribution in [-0.4, -0.2) is 19.2 Å². The number of para-hydroxylation sites is 1. The molecule has 1 aromatic heterocycles. The summed E-state index contributed by atoms with van der Waals surface area (Å²) in [6.07, 6.45) is 0. The summed E-state index contributed by atoms with van der Waals surface area (Å²) < 4.78 is 10.7. The van der Waals surface area contributed by atoms with E-state index in [2.05, 4.69) is 11.1 Å². The number of ether oxygens (including phenoxy) is 2. The summed E-state index contributed by atoms with van der Waals surface area (Å²) in [5.41, 5.74) is 9.40. The van der Waals surface area contributed by atoms with Crippen LogP contribution in [0, 0.1) is 11.3 Å². The molecule has 2 aromatic carbocycles. The van der Waals surface area contributed by atoms with Crippen LogP contribution in [0.3, 0.4) is 0 Å². The second-order valence-electron chi connectivity index (χ2n) is 5.36. The smallest absolute Gasteiger partial charge is 0.142 e. The Bertz CT molecular complexity index is 961. The van der Waals surface area contributed by atoms with Crippen molar-refractivity contribution >= 4 is 5.82 Å². The van der Waals surface area contributed by atoms with E-state index in [1.165, 1.54) is 0 Å². The molecule has 0 bridgehead atoms. The van der Waals surface area contributed by atoms with Crippen LogP contribution in [0.4, 0.5) is 5.82 Å². The van der Waals surface area contributed by atoms with E-state index in [9.17, 15) is 5.26 Å². The number of pyridine rings is 1. The fourth-order valence-electron chi connectivity index (χ4n) is 2.69. The number of anilines is 1. The molecule has 0 amide bonds. The fourth-order valence-corrected chi connectivity index (χ4v) is 2.69. The maximum absolute atomic E-state index is 9.52. The van der Waals surface area contributed by atoms with E-state index in [0.717, 1.165) is 11.1 Å². The normalized spacial score (nSPS) is 10.1. The number of nitrogen functional groups attached to an aromatic ring is 1. The van der Waals surface area contributed by atoms with Crippen LogP contribution >= 0.6 is 0 Å². The number of rotatable bonds is 4. The highest BCUT2D eigenvalue weighted by Crippen LogP contribution is 2.35. The van der Waals surface area contributed by atoms with Crippen LogP contribution in [0.5, 0.6) is 11.5 Å². The molecule has 0 aliphatic rings. The van der Waals surface area contributed by atoms with Gasteiger partial charge >= 0.3 is 0 Å². The number of nitrogens with zero attached hydrogens (tertiary/aromatic N) is 2. The molecule has 0 fully saturated rings. The van der Waals surface area contributed by atoms with Gasteiger partial charge in [0.2, 0.25) is 0 Å². The first-order chi connectivity index (χ1) is 12.2. The van der Waals surface area contributed by atoms with Crippen molar-refractivity contribution in [1.82, 2.24) is 4.98 Å². The Morgan fingerprint density at radius 2 is 1.76 bits per heavy atom. The zero-order chi connectivity index (χ0) is 17.8. The third-order valence-electron chi connectivity index (χ3n) is 3.92. The van der Waals surface area contributed by atoms with Crippen molar-refractivity contribution in [3.63, 3.8) is 0 Å². The predicted molar refractivity (Wildman–Crippen MR) is 97.3 cm³/mol. The summed E-state index contributed by atoms with van der Waals surface area (Å²) in [4.78, 5) is 4.40. The van der Waals surface area contributed by atoms with E-state index in [0.29, 0.717) is 28.3 Å². The molecule has 0 aliphatic carbocycles. The fraction of sp³-hybridized carbons (Fsp3) is 0.100. The Morgan fingerprint density at radius 1 is 0.960 bits per heavy atom. The van der Waals surface area contributed by atoms with Crippen LogP contribution in [0.15, 0.2) is 54.6 Å². The van der Waals surface area contributed by atoms with Crippen LogP contribution < -0.4 is 15.2 Å². The molecule has 0 saturated heterocycles. The summed E-state index contributed by atoms with van der Waals surface area (Å²) in [5.74, 6) is 1.58. The molecule has 0 aliphatic heterocycles. The van der Waals surface area contributed by atoms with Crippen molar-refractivity contribution < 1.29 is 9.47 Å². The van der Waals surface area contributed by atoms with Gasteiger partial charge < -0.3 is 15.2 Å². The Kier molecular flexibility index (Phi) is 4.53. The molecule has 5 heteroatoms. The van der Waals surface area contributed by atoms with Gasteiger partial charge in [-0.1, -0.05) is 24.3 Å². The van der Waals surface area contributed by atoms with E-state index in [-0.39, 0.29) is 5.82 Å². The summed E-state index contributed by atoms with van der Waals surface area (Å²) in [7, 11) is 3.21. The zero-order valence-electron chi connectivity index (χ0n) is 14.0. The van der Waals surface area contributed by atoms with Gasteiger partial charge in [0.25, 0.3) is 0 Å². The molecule has 3 rings (SSSR count). The average Bonchev–Trinajstić information content (AvgIpc) is 2.67. The van der Waals surface area contributed by atoms with E-state index in [4.69, 9.17) is 15.2 Å². The summed E-state index contributed by atoms with van der Waals surface area (Å²) in [5, 5.41) is 9.52. The molecule has 0 unspecified atom stereocenters. The second kappa shape index (κ2) is 6.93. The average molecular weight is 331 g/mol. The molecular formula is C20H17N3O2. The highest BCUT2D eigenvalue weighted by Gasteiger charge is 2.15. The Morgan fingerprint density at radius 3 is 2.48 bits per heavy atom. The van der Waals surface area contributed by atoms with Gasteiger partial charge in [-0.15, -0.1) is 0 Å². The van der Waals surface area contributed by atoms with Gasteiger partial charge in [0.05, 0.1) is 19.9 Å². The molecule has 25 heavy (non-hydrogen) atoms. The van der Waals surface area contributed by atoms with E-state index < -0.39 is 0 Å². The van der Waals surface area contributed by atoms with Crippen LogP contribution in [-0.2, 0) is 0 Å². The molecule has 2 N–H and O–H groups in total. The highest BCUT2D eigenvalue weighted by atomic mass is 16.5. The molecule has 3 aromatic rings. The quantitative estimate of drug-likeness (QED) is 0.784. The summed E-state index contributed by atoms with van der Waals surface area (Å²) in [6, 6.07) is 19.0. The third kappa shape index (κ3) is 3.10. The Hall–Kier alpha value is -3.52. The lowest BCUT2D eigenvalue weighted by Gasteiger charge is -2.13. The first-order valence-corrected chi connectivity index (χ1v) is 7.66. The lowest BCUT2D eigenvalue weighted by molar-refractivity contribution is 0.415. The van der Waals surface area contributed by atoms with Crippen molar-refractivity contribution in [2.45, 2.75) is 0 Å². The highest BCUT2D eigenvalue weighted by molar-refractivity contribution is 5.81. The minimum absolute atomic E-state index is 0.184. The number of methoxy groups -OCH3 is 2. The number of aromatic nitrogens is 1. The van der Waals surface area contributed by atoms with Crippen molar-refractivity contribution in [2.75, 3.05) is 20.0 Å². The number of benzene rings is 2. The van der Waals surface area contributed by atoms with E-state index in [1.807, 2.05) is 54.6 Å². The maximum Gasteiger partial charge on any atom is 0.142 e. The summed E-state index contributed by atoms with van der Waals surface area (Å²) >= 11 is 0. The largest absolute Gasteiger partial charge is 0.497 e. The minimum atomic E-state index is 0.184. The molecule has 124 valence electrons. The van der Waals surface area contributed by atoms with Crippen molar-refractivity contribution in [1.29, 1.82) is 5.26 Å². The molecular weight excluding hydrogens is 314 g/mol. The van der Waals surface area contributed by atoms with Gasteiger partial charge in [-0.25, -0.2) is 4.98 Å². The lowest BCUT2D eigenvalue weighted by atomic mass is 9.98. The van der Waals surface area contributed by atoms with Crippen LogP contribution in [0.1, 0.15) is 5.56 Å². The van der Waals surface area contributed by atoms with Crippen LogP contribution in [0.25, 0.3) is 22.4 Å². The monoisotopic (exact) mass is 331 g/mol. The number of nitriles is 1. The third-order valence-corrected chi connectivity index (χ3v) is 3.92. The molecule has 0 radical (unpaired) electrons. The van der Waals surface area contributed by atoms with Gasteiger partial charge in [0, 0.05) is 11.1 Å². The number of nitrogens with two attached hydrogens (primary N) is 1. The SMILES string of the molecule is COc1cccc(-c2cc(-c3ccccc3OC)nc(N)c2C#N)c1. The Balaban J connectivity index is 2.25. The minimum Gasteiger partial charge on any atom is -0.497 e. The van der Waals surface area contributed by atoms with Gasteiger partial charge in [0.15, 0.2) is 0 Å². The topological polar surface area (TPSA) is 81.2 Å². The summed E-state index contributed by atoms with van der Waals surface area (Å²) in [6.45, 7) is 0. The number of hydrogen-bond acceptors (Lipinski definition) is 5. The standard InChI is InChI=1S/C20H17N3O2/c1-24-14-7-5-6-13(10-14)16-11-18(23-20(22)17(16)12-21)15-8-3-4-9-19(15)25-2/h3-11H,1-2H3,(H2,22,23). The molecule has 5 nitrogen and oxygen atoms in total. The van der Waals surface area contributed by atoms with E-state index >= 15 is 0 Å². The van der Waals surface area contributed by atoms with Crippen molar-refractivity contribution in [2.24, 2.45) is 0 Å². The first kappa shape index (κ1) is 16.3. The molecule has 1 heterocycles. The lowest BCUT2D eigenvalue weighted by Crippen LogP contribution is -2.00. The van der Waals surface area contributed by atoms with E-state index in [1.54, 1.807) is 14.2 Å². The molecule has 0 atom stereocenters. The van der Waals surface area contributed by atoms with Gasteiger partial charge in [-0.05, 0) is 35.9 Å². The zero-order valence-corrected chi connectivity index (χ0v) is 14.0.